The Hall–Kier alpha value is -0.259. The zero-order valence-corrected chi connectivity index (χ0v) is 30.5. The van der Waals surface area contributed by atoms with Crippen molar-refractivity contribution in [2.45, 2.75) is 142 Å². The Bertz CT molecular complexity index is 980. The van der Waals surface area contributed by atoms with Crippen molar-refractivity contribution in [3.8, 4) is 0 Å². The van der Waals surface area contributed by atoms with Crippen molar-refractivity contribution in [3.05, 3.63) is 11.6 Å². The van der Waals surface area contributed by atoms with Gasteiger partial charge in [-0.2, -0.15) is 0 Å². The molecule has 3 saturated carbocycles. The van der Waals surface area contributed by atoms with E-state index in [2.05, 4.69) is 90.9 Å². The van der Waals surface area contributed by atoms with Crippen LogP contribution in [0, 0.1) is 28.6 Å². The van der Waals surface area contributed by atoms with E-state index in [4.69, 9.17) is 18.1 Å². The third-order valence-electron chi connectivity index (χ3n) is 10.4. The van der Waals surface area contributed by atoms with Crippen LogP contribution in [0.5, 0.6) is 0 Å². The number of rotatable bonds is 8. The van der Waals surface area contributed by atoms with Crippen LogP contribution in [0.1, 0.15) is 65.7 Å². The summed E-state index contributed by atoms with van der Waals surface area (Å²) >= 11 is 0. The molecule has 0 spiro atoms. The number of oxime groups is 1. The van der Waals surface area contributed by atoms with Gasteiger partial charge in [0.05, 0.1) is 11.8 Å². The Morgan fingerprint density at radius 2 is 1.54 bits per heavy atom. The smallest absolute Gasteiger partial charge is 0.185 e. The van der Waals surface area contributed by atoms with Gasteiger partial charge in [0.15, 0.2) is 25.0 Å². The molecule has 3 fully saturated rings. The summed E-state index contributed by atoms with van der Waals surface area (Å²) in [5, 5.41) is 4.60. The average Bonchev–Trinajstić information content (AvgIpc) is 2.99. The Balaban J connectivity index is 1.77. The molecule has 39 heavy (non-hydrogen) atoms. The summed E-state index contributed by atoms with van der Waals surface area (Å²) in [5.74, 6) is 1.75. The van der Waals surface area contributed by atoms with Gasteiger partial charge in [0.1, 0.15) is 12.7 Å². The van der Waals surface area contributed by atoms with Crippen LogP contribution in [0.2, 0.25) is 58.9 Å². The van der Waals surface area contributed by atoms with Crippen LogP contribution in [0.15, 0.2) is 16.8 Å². The summed E-state index contributed by atoms with van der Waals surface area (Å²) in [5.41, 5.74) is 2.48. The molecule has 0 aliphatic heterocycles. The fraction of sp³-hybridized carbons (Fsp3) is 0.903. The largest absolute Gasteiger partial charge is 0.414 e. The van der Waals surface area contributed by atoms with E-state index in [0.29, 0.717) is 23.9 Å². The molecular weight excluding hydrogens is 535 g/mol. The first-order valence-electron chi connectivity index (χ1n) is 15.6. The minimum Gasteiger partial charge on any atom is -0.414 e. The highest BCUT2D eigenvalue weighted by molar-refractivity contribution is 6.70. The standard InChI is InChI=1S/C31H59NO4Si3/c1-22(32-33-4)31(36-39(11,12)13)21-27(35-38(8,9)10)28-25-15-14-23-20-24(34-37(5,6)7)16-18-29(23,2)26(25)17-19-30(28,31)3/h14,24-28H,15-21H2,1-13H3/t24-,25?,26?,27+,28?,29?,30-,31-/m0/s1. The molecule has 5 nitrogen and oxygen atoms in total. The van der Waals surface area contributed by atoms with Crippen LogP contribution >= 0.6 is 0 Å². The van der Waals surface area contributed by atoms with Gasteiger partial charge in [0.2, 0.25) is 0 Å². The second kappa shape index (κ2) is 10.5. The van der Waals surface area contributed by atoms with Crippen molar-refractivity contribution in [1.29, 1.82) is 0 Å². The first-order chi connectivity index (χ1) is 17.7. The summed E-state index contributed by atoms with van der Waals surface area (Å²) < 4.78 is 21.1. The van der Waals surface area contributed by atoms with E-state index in [0.717, 1.165) is 31.4 Å². The van der Waals surface area contributed by atoms with Crippen molar-refractivity contribution in [2.75, 3.05) is 7.11 Å². The normalized spacial score (nSPS) is 41.4. The molecule has 0 amide bonds. The molecule has 8 atom stereocenters. The quantitative estimate of drug-likeness (QED) is 0.122. The molecule has 0 heterocycles. The van der Waals surface area contributed by atoms with Crippen LogP contribution in [0.3, 0.4) is 0 Å². The molecule has 0 saturated heterocycles. The molecule has 0 aromatic rings. The maximum atomic E-state index is 7.33. The van der Waals surface area contributed by atoms with Gasteiger partial charge < -0.3 is 18.1 Å². The maximum Gasteiger partial charge on any atom is 0.185 e. The lowest BCUT2D eigenvalue weighted by Crippen LogP contribution is -2.60. The Morgan fingerprint density at radius 3 is 2.10 bits per heavy atom. The van der Waals surface area contributed by atoms with Crippen molar-refractivity contribution < 1.29 is 18.1 Å². The van der Waals surface area contributed by atoms with Gasteiger partial charge in [0.25, 0.3) is 0 Å². The van der Waals surface area contributed by atoms with Gasteiger partial charge in [-0.1, -0.05) is 30.7 Å². The number of hydrogen-bond acceptors (Lipinski definition) is 5. The van der Waals surface area contributed by atoms with Crippen LogP contribution < -0.4 is 0 Å². The number of hydrogen-bond donors (Lipinski definition) is 0. The lowest BCUT2D eigenvalue weighted by atomic mass is 9.46. The second-order valence-corrected chi connectivity index (χ2v) is 30.0. The summed E-state index contributed by atoms with van der Waals surface area (Å²) in [6, 6.07) is 0. The molecule has 0 aromatic heterocycles. The van der Waals surface area contributed by atoms with Crippen molar-refractivity contribution in [3.63, 3.8) is 0 Å². The third kappa shape index (κ3) is 5.99. The van der Waals surface area contributed by atoms with Gasteiger partial charge in [-0.15, -0.1) is 0 Å². The maximum absolute atomic E-state index is 7.33. The second-order valence-electron chi connectivity index (χ2n) is 16.6. The van der Waals surface area contributed by atoms with Crippen LogP contribution in [-0.4, -0.2) is 55.6 Å². The van der Waals surface area contributed by atoms with E-state index < -0.39 is 30.6 Å². The highest BCUT2D eigenvalue weighted by Gasteiger charge is 2.70. The SMILES string of the molecule is CON=C(C)[C@@]1(O[Si](C)(C)C)C[C@@H](O[Si](C)(C)C)C2C3CC=C4C[C@@H](O[Si](C)(C)C)CCC4(C)C3CC[C@@]21C. The lowest BCUT2D eigenvalue weighted by molar-refractivity contribution is -0.0988. The molecule has 4 unspecified atom stereocenters. The van der Waals surface area contributed by atoms with Gasteiger partial charge in [0, 0.05) is 17.9 Å². The van der Waals surface area contributed by atoms with Gasteiger partial charge in [-0.25, -0.2) is 0 Å². The highest BCUT2D eigenvalue weighted by Crippen LogP contribution is 2.69. The molecule has 0 aromatic carbocycles. The average molecular weight is 594 g/mol. The van der Waals surface area contributed by atoms with E-state index in [1.807, 2.05) is 0 Å². The number of allylic oxidation sites excluding steroid dienone is 1. The first-order valence-corrected chi connectivity index (χ1v) is 25.8. The van der Waals surface area contributed by atoms with Gasteiger partial charge in [-0.05, 0) is 128 Å². The number of nitrogens with zero attached hydrogens (tertiary/aromatic N) is 1. The lowest BCUT2D eigenvalue weighted by Gasteiger charge is -2.60. The van der Waals surface area contributed by atoms with E-state index in [1.54, 1.807) is 12.7 Å². The molecule has 4 rings (SSSR count). The summed E-state index contributed by atoms with van der Waals surface area (Å²) in [6.45, 7) is 28.3. The van der Waals surface area contributed by atoms with Crippen molar-refractivity contribution in [2.24, 2.45) is 33.7 Å². The van der Waals surface area contributed by atoms with Crippen LogP contribution in [0.4, 0.5) is 0 Å². The van der Waals surface area contributed by atoms with E-state index in [-0.39, 0.29) is 16.9 Å². The topological polar surface area (TPSA) is 49.3 Å². The van der Waals surface area contributed by atoms with E-state index in [9.17, 15) is 0 Å². The minimum absolute atomic E-state index is 0.0370. The first kappa shape index (κ1) is 31.7. The minimum atomic E-state index is -1.91. The predicted molar refractivity (Wildman–Crippen MR) is 171 cm³/mol. The van der Waals surface area contributed by atoms with Crippen molar-refractivity contribution >= 4 is 30.7 Å². The molecule has 224 valence electrons. The molecule has 0 radical (unpaired) electrons. The Kier molecular flexibility index (Phi) is 8.51. The van der Waals surface area contributed by atoms with E-state index in [1.165, 1.54) is 19.3 Å². The molecule has 4 aliphatic carbocycles. The Labute approximate surface area is 243 Å². The zero-order valence-electron chi connectivity index (χ0n) is 27.5. The summed E-state index contributed by atoms with van der Waals surface area (Å²) in [4.78, 5) is 5.43. The van der Waals surface area contributed by atoms with Crippen LogP contribution in [0.25, 0.3) is 0 Å². The zero-order chi connectivity index (χ0) is 29.2. The molecular formula is C31H59NO4Si3. The summed E-state index contributed by atoms with van der Waals surface area (Å²) in [6.07, 6.45) is 11.3. The Morgan fingerprint density at radius 1 is 0.897 bits per heavy atom. The predicted octanol–water partition coefficient (Wildman–Crippen LogP) is 8.61. The third-order valence-corrected chi connectivity index (χ3v) is 13.5. The molecule has 8 heteroatoms. The van der Waals surface area contributed by atoms with Gasteiger partial charge in [-0.3, -0.25) is 0 Å². The molecule has 0 N–H and O–H groups in total. The molecule has 4 aliphatic rings. The molecule has 0 bridgehead atoms. The highest BCUT2D eigenvalue weighted by atomic mass is 28.4. The number of fused-ring (bicyclic) bond motifs is 5. The monoisotopic (exact) mass is 593 g/mol. The van der Waals surface area contributed by atoms with Crippen molar-refractivity contribution in [1.82, 2.24) is 0 Å². The summed E-state index contributed by atoms with van der Waals surface area (Å²) in [7, 11) is -3.58. The fourth-order valence-corrected chi connectivity index (χ4v) is 13.2. The van der Waals surface area contributed by atoms with E-state index >= 15 is 0 Å². The fourth-order valence-electron chi connectivity index (χ4n) is 9.38. The van der Waals surface area contributed by atoms with Crippen LogP contribution in [-0.2, 0) is 18.1 Å². The van der Waals surface area contributed by atoms with Gasteiger partial charge >= 0.3 is 0 Å².